The van der Waals surface area contributed by atoms with Gasteiger partial charge in [-0.3, -0.25) is 0 Å². The molecule has 2 aromatic rings. The highest BCUT2D eigenvalue weighted by Gasteiger charge is 2.05. The minimum absolute atomic E-state index is 0.789. The van der Waals surface area contributed by atoms with Crippen molar-refractivity contribution >= 4 is 0 Å². The summed E-state index contributed by atoms with van der Waals surface area (Å²) in [5, 5.41) is 11.5. The summed E-state index contributed by atoms with van der Waals surface area (Å²) >= 11 is 0. The zero-order valence-electron chi connectivity index (χ0n) is 7.38. The highest BCUT2D eigenvalue weighted by Crippen LogP contribution is 2.13. The fraction of sp³-hybridized carbons (Fsp3) is 0.222. The lowest BCUT2D eigenvalue weighted by molar-refractivity contribution is 0.631. The van der Waals surface area contributed by atoms with E-state index >= 15 is 0 Å². The van der Waals surface area contributed by atoms with E-state index in [1.54, 1.807) is 4.68 Å². The SMILES string of the molecule is CCn1nnnc1-c1ccccc1. The van der Waals surface area contributed by atoms with E-state index in [0.29, 0.717) is 0 Å². The maximum absolute atomic E-state index is 3.96. The summed E-state index contributed by atoms with van der Waals surface area (Å²) in [6, 6.07) is 9.92. The molecule has 0 bridgehead atoms. The molecule has 0 unspecified atom stereocenters. The number of hydrogen-bond acceptors (Lipinski definition) is 3. The molecule has 0 fully saturated rings. The Labute approximate surface area is 76.2 Å². The van der Waals surface area contributed by atoms with Crippen molar-refractivity contribution in [3.8, 4) is 11.4 Å². The van der Waals surface area contributed by atoms with Gasteiger partial charge in [-0.15, -0.1) is 5.10 Å². The van der Waals surface area contributed by atoms with Crippen LogP contribution in [0.3, 0.4) is 0 Å². The monoisotopic (exact) mass is 174 g/mol. The molecule has 13 heavy (non-hydrogen) atoms. The molecule has 0 aliphatic rings. The van der Waals surface area contributed by atoms with Crippen LogP contribution in [0, 0.1) is 0 Å². The molecule has 4 nitrogen and oxygen atoms in total. The van der Waals surface area contributed by atoms with Gasteiger partial charge in [0.15, 0.2) is 5.82 Å². The van der Waals surface area contributed by atoms with Gasteiger partial charge < -0.3 is 0 Å². The third-order valence-corrected chi connectivity index (χ3v) is 1.86. The summed E-state index contributed by atoms with van der Waals surface area (Å²) in [6.45, 7) is 2.81. The van der Waals surface area contributed by atoms with Crippen molar-refractivity contribution in [1.82, 2.24) is 20.2 Å². The topological polar surface area (TPSA) is 43.6 Å². The van der Waals surface area contributed by atoms with Crippen LogP contribution in [0.4, 0.5) is 0 Å². The lowest BCUT2D eigenvalue weighted by Crippen LogP contribution is -1.99. The summed E-state index contributed by atoms with van der Waals surface area (Å²) in [4.78, 5) is 0. The second-order valence-electron chi connectivity index (χ2n) is 2.68. The summed E-state index contributed by atoms with van der Waals surface area (Å²) < 4.78 is 1.77. The molecule has 0 saturated heterocycles. The maximum atomic E-state index is 3.96. The predicted octanol–water partition coefficient (Wildman–Crippen LogP) is 1.36. The molecule has 0 saturated carbocycles. The van der Waals surface area contributed by atoms with Crippen molar-refractivity contribution in [3.63, 3.8) is 0 Å². The van der Waals surface area contributed by atoms with E-state index in [9.17, 15) is 0 Å². The van der Waals surface area contributed by atoms with Gasteiger partial charge >= 0.3 is 0 Å². The van der Waals surface area contributed by atoms with Crippen molar-refractivity contribution in [3.05, 3.63) is 30.3 Å². The molecule has 0 spiro atoms. The largest absolute Gasteiger partial charge is 0.226 e. The Hall–Kier alpha value is -1.71. The van der Waals surface area contributed by atoms with Gasteiger partial charge in [-0.05, 0) is 17.4 Å². The van der Waals surface area contributed by atoms with Gasteiger partial charge in [0.05, 0.1) is 0 Å². The Bertz CT molecular complexity index is 380. The van der Waals surface area contributed by atoms with Gasteiger partial charge in [-0.25, -0.2) is 4.68 Å². The van der Waals surface area contributed by atoms with Gasteiger partial charge in [0.2, 0.25) is 0 Å². The van der Waals surface area contributed by atoms with Crippen LogP contribution in [0.15, 0.2) is 30.3 Å². The Kier molecular flexibility index (Phi) is 2.04. The standard InChI is InChI=1S/C9H10N4/c1-2-13-9(10-11-12-13)8-6-4-3-5-7-8/h3-7H,2H2,1H3. The Balaban J connectivity index is 2.47. The second-order valence-corrected chi connectivity index (χ2v) is 2.68. The van der Waals surface area contributed by atoms with Crippen molar-refractivity contribution in [2.24, 2.45) is 0 Å². The number of aromatic nitrogens is 4. The minimum atomic E-state index is 0.789. The molecular formula is C9H10N4. The van der Waals surface area contributed by atoms with Crippen LogP contribution in [0.25, 0.3) is 11.4 Å². The van der Waals surface area contributed by atoms with Gasteiger partial charge in [0.1, 0.15) is 0 Å². The Morgan fingerprint density at radius 2 is 2.00 bits per heavy atom. The van der Waals surface area contributed by atoms with E-state index in [4.69, 9.17) is 0 Å². The van der Waals surface area contributed by atoms with E-state index in [0.717, 1.165) is 17.9 Å². The van der Waals surface area contributed by atoms with Gasteiger partial charge in [-0.2, -0.15) is 0 Å². The van der Waals surface area contributed by atoms with Crippen LogP contribution in [0.2, 0.25) is 0 Å². The smallest absolute Gasteiger partial charge is 0.181 e. The van der Waals surface area contributed by atoms with E-state index in [-0.39, 0.29) is 0 Å². The van der Waals surface area contributed by atoms with E-state index in [2.05, 4.69) is 15.5 Å². The molecule has 1 heterocycles. The zero-order chi connectivity index (χ0) is 9.10. The molecule has 0 aliphatic heterocycles. The fourth-order valence-corrected chi connectivity index (χ4v) is 1.21. The number of hydrogen-bond donors (Lipinski definition) is 0. The van der Waals surface area contributed by atoms with Crippen LogP contribution in [0.5, 0.6) is 0 Å². The molecule has 1 aromatic carbocycles. The average molecular weight is 174 g/mol. The molecule has 66 valence electrons. The molecule has 1 aromatic heterocycles. The van der Waals surface area contributed by atoms with Crippen LogP contribution < -0.4 is 0 Å². The third kappa shape index (κ3) is 1.42. The number of aryl methyl sites for hydroxylation is 1. The highest BCUT2D eigenvalue weighted by atomic mass is 15.5. The summed E-state index contributed by atoms with van der Waals surface area (Å²) in [6.07, 6.45) is 0. The normalized spacial score (nSPS) is 10.2. The molecule has 0 N–H and O–H groups in total. The van der Waals surface area contributed by atoms with Crippen LogP contribution in [0.1, 0.15) is 6.92 Å². The van der Waals surface area contributed by atoms with E-state index in [1.807, 2.05) is 37.3 Å². The van der Waals surface area contributed by atoms with Crippen LogP contribution >= 0.6 is 0 Å². The second kappa shape index (κ2) is 3.35. The van der Waals surface area contributed by atoms with Gasteiger partial charge in [0, 0.05) is 12.1 Å². The molecule has 0 aliphatic carbocycles. The van der Waals surface area contributed by atoms with E-state index < -0.39 is 0 Å². The first-order valence-electron chi connectivity index (χ1n) is 4.23. The number of benzene rings is 1. The zero-order valence-corrected chi connectivity index (χ0v) is 7.38. The molecule has 4 heteroatoms. The average Bonchev–Trinajstić information content (AvgIpc) is 2.67. The van der Waals surface area contributed by atoms with Crippen LogP contribution in [-0.2, 0) is 6.54 Å². The van der Waals surface area contributed by atoms with Crippen molar-refractivity contribution < 1.29 is 0 Å². The minimum Gasteiger partial charge on any atom is -0.226 e. The Morgan fingerprint density at radius 1 is 1.23 bits per heavy atom. The summed E-state index contributed by atoms with van der Waals surface area (Å²) in [5.74, 6) is 0.822. The van der Waals surface area contributed by atoms with Gasteiger partial charge in [-0.1, -0.05) is 30.3 Å². The Morgan fingerprint density at radius 3 is 2.69 bits per heavy atom. The first-order chi connectivity index (χ1) is 6.42. The first kappa shape index (κ1) is 7.91. The molecule has 0 atom stereocenters. The number of tetrazole rings is 1. The molecular weight excluding hydrogens is 164 g/mol. The fourth-order valence-electron chi connectivity index (χ4n) is 1.21. The van der Waals surface area contributed by atoms with Crippen molar-refractivity contribution in [2.75, 3.05) is 0 Å². The highest BCUT2D eigenvalue weighted by molar-refractivity contribution is 5.53. The first-order valence-corrected chi connectivity index (χ1v) is 4.23. The third-order valence-electron chi connectivity index (χ3n) is 1.86. The number of rotatable bonds is 2. The lowest BCUT2D eigenvalue weighted by Gasteiger charge is -1.99. The molecule has 0 amide bonds. The van der Waals surface area contributed by atoms with Crippen molar-refractivity contribution in [1.29, 1.82) is 0 Å². The van der Waals surface area contributed by atoms with Gasteiger partial charge in [0.25, 0.3) is 0 Å². The summed E-state index contributed by atoms with van der Waals surface area (Å²) in [5.41, 5.74) is 1.05. The maximum Gasteiger partial charge on any atom is 0.181 e. The van der Waals surface area contributed by atoms with E-state index in [1.165, 1.54) is 0 Å². The number of nitrogens with zero attached hydrogens (tertiary/aromatic N) is 4. The quantitative estimate of drug-likeness (QED) is 0.690. The summed E-state index contributed by atoms with van der Waals surface area (Å²) in [7, 11) is 0. The predicted molar refractivity (Wildman–Crippen MR) is 48.9 cm³/mol. The molecule has 2 rings (SSSR count). The van der Waals surface area contributed by atoms with Crippen LogP contribution in [-0.4, -0.2) is 20.2 Å². The molecule has 0 radical (unpaired) electrons. The van der Waals surface area contributed by atoms with Crippen molar-refractivity contribution in [2.45, 2.75) is 13.5 Å². The lowest BCUT2D eigenvalue weighted by atomic mass is 10.2.